The summed E-state index contributed by atoms with van der Waals surface area (Å²) in [7, 11) is 0. The van der Waals surface area contributed by atoms with Crippen molar-refractivity contribution in [2.24, 2.45) is 0 Å². The molecular weight excluding hydrogens is 316 g/mol. The van der Waals surface area contributed by atoms with Crippen LogP contribution in [0, 0.1) is 0 Å². The van der Waals surface area contributed by atoms with Gasteiger partial charge in [-0.2, -0.15) is 0 Å². The topological polar surface area (TPSA) is 17.8 Å². The average Bonchev–Trinajstić information content (AvgIpc) is 3.18. The predicted molar refractivity (Wildman–Crippen MR) is 109 cm³/mol. The van der Waals surface area contributed by atoms with Gasteiger partial charge in [-0.3, -0.25) is 4.57 Å². The van der Waals surface area contributed by atoms with Crippen LogP contribution in [0.4, 0.5) is 0 Å². The second-order valence-electron chi connectivity index (χ2n) is 6.75. The van der Waals surface area contributed by atoms with Gasteiger partial charge in [0.15, 0.2) is 0 Å². The van der Waals surface area contributed by atoms with Crippen molar-refractivity contribution in [3.05, 3.63) is 96.8 Å². The monoisotopic (exact) mass is 338 g/mol. The fourth-order valence-electron chi connectivity index (χ4n) is 3.43. The Kier molecular flexibility index (Phi) is 4.40. The third-order valence-corrected chi connectivity index (χ3v) is 4.69. The number of rotatable bonds is 4. The van der Waals surface area contributed by atoms with Crippen LogP contribution in [-0.2, 0) is 0 Å². The van der Waals surface area contributed by atoms with E-state index in [1.54, 1.807) is 0 Å². The van der Waals surface area contributed by atoms with Crippen molar-refractivity contribution in [1.82, 2.24) is 9.55 Å². The van der Waals surface area contributed by atoms with Gasteiger partial charge in [-0.15, -0.1) is 0 Å². The number of nitrogens with zero attached hydrogens (tertiary/aromatic N) is 2. The molecule has 0 N–H and O–H groups in total. The van der Waals surface area contributed by atoms with Gasteiger partial charge < -0.3 is 0 Å². The maximum absolute atomic E-state index is 4.66. The highest BCUT2D eigenvalue weighted by molar-refractivity contribution is 5.77. The predicted octanol–water partition coefficient (Wildman–Crippen LogP) is 6.33. The molecule has 0 spiro atoms. The quantitative estimate of drug-likeness (QED) is 0.425. The molecular formula is C24H22N2. The Morgan fingerprint density at radius 3 is 2.04 bits per heavy atom. The first-order valence-corrected chi connectivity index (χ1v) is 9.03. The minimum Gasteiger partial charge on any atom is -0.299 e. The molecule has 26 heavy (non-hydrogen) atoms. The normalized spacial score (nSPS) is 11.0. The molecule has 0 saturated carbocycles. The molecule has 2 heteroatoms. The van der Waals surface area contributed by atoms with Gasteiger partial charge in [0.25, 0.3) is 0 Å². The first-order chi connectivity index (χ1) is 12.8. The van der Waals surface area contributed by atoms with Gasteiger partial charge in [0.2, 0.25) is 0 Å². The van der Waals surface area contributed by atoms with E-state index in [-0.39, 0.29) is 0 Å². The van der Waals surface area contributed by atoms with Gasteiger partial charge in [0.1, 0.15) is 5.82 Å². The van der Waals surface area contributed by atoms with Gasteiger partial charge in [-0.1, -0.05) is 92.7 Å². The molecule has 0 bridgehead atoms. The molecule has 3 aromatic carbocycles. The number of hydrogen-bond acceptors (Lipinski definition) is 1. The fourth-order valence-corrected chi connectivity index (χ4v) is 3.43. The largest absolute Gasteiger partial charge is 0.299 e. The molecule has 1 heterocycles. The van der Waals surface area contributed by atoms with Crippen molar-refractivity contribution >= 4 is 0 Å². The van der Waals surface area contributed by atoms with E-state index in [0.29, 0.717) is 5.92 Å². The van der Waals surface area contributed by atoms with Gasteiger partial charge >= 0.3 is 0 Å². The van der Waals surface area contributed by atoms with E-state index in [9.17, 15) is 0 Å². The molecule has 0 unspecified atom stereocenters. The van der Waals surface area contributed by atoms with Crippen LogP contribution >= 0.6 is 0 Å². The van der Waals surface area contributed by atoms with E-state index < -0.39 is 0 Å². The molecule has 128 valence electrons. The standard InChI is InChI=1S/C24H22N2/c1-18(2)21-14-9-15-22(19-10-5-3-6-11-19)23(21)26-17-16-25-24(26)20-12-7-4-8-13-20/h3-18H,1-2H3. The van der Waals surface area contributed by atoms with E-state index in [2.05, 4.69) is 102 Å². The van der Waals surface area contributed by atoms with Crippen molar-refractivity contribution in [2.75, 3.05) is 0 Å². The van der Waals surface area contributed by atoms with Crippen LogP contribution in [0.25, 0.3) is 28.2 Å². The average molecular weight is 338 g/mol. The summed E-state index contributed by atoms with van der Waals surface area (Å²) in [5, 5.41) is 0. The minimum absolute atomic E-state index is 0.416. The van der Waals surface area contributed by atoms with Crippen molar-refractivity contribution in [3.63, 3.8) is 0 Å². The van der Waals surface area contributed by atoms with Crippen molar-refractivity contribution < 1.29 is 0 Å². The van der Waals surface area contributed by atoms with Crippen LogP contribution in [0.1, 0.15) is 25.3 Å². The molecule has 0 aliphatic carbocycles. The molecule has 2 nitrogen and oxygen atoms in total. The number of para-hydroxylation sites is 1. The summed E-state index contributed by atoms with van der Waals surface area (Å²) in [5.74, 6) is 1.38. The lowest BCUT2D eigenvalue weighted by Crippen LogP contribution is -2.05. The SMILES string of the molecule is CC(C)c1cccc(-c2ccccc2)c1-n1ccnc1-c1ccccc1. The Morgan fingerprint density at radius 1 is 0.731 bits per heavy atom. The Morgan fingerprint density at radius 2 is 1.38 bits per heavy atom. The maximum atomic E-state index is 4.66. The molecule has 0 amide bonds. The van der Waals surface area contributed by atoms with Crippen LogP contribution in [0.2, 0.25) is 0 Å². The summed E-state index contributed by atoms with van der Waals surface area (Å²) < 4.78 is 2.23. The summed E-state index contributed by atoms with van der Waals surface area (Å²) in [4.78, 5) is 4.66. The van der Waals surface area contributed by atoms with E-state index >= 15 is 0 Å². The van der Waals surface area contributed by atoms with Crippen molar-refractivity contribution in [2.45, 2.75) is 19.8 Å². The van der Waals surface area contributed by atoms with Crippen molar-refractivity contribution in [3.8, 4) is 28.2 Å². The highest BCUT2D eigenvalue weighted by Crippen LogP contribution is 2.35. The van der Waals surface area contributed by atoms with Crippen LogP contribution in [0.5, 0.6) is 0 Å². The third-order valence-electron chi connectivity index (χ3n) is 4.69. The Hall–Kier alpha value is -3.13. The lowest BCUT2D eigenvalue weighted by Gasteiger charge is -2.20. The molecule has 0 atom stereocenters. The molecule has 4 aromatic rings. The summed E-state index contributed by atoms with van der Waals surface area (Å²) in [6.45, 7) is 4.49. The summed E-state index contributed by atoms with van der Waals surface area (Å²) >= 11 is 0. The lowest BCUT2D eigenvalue weighted by molar-refractivity contribution is 0.848. The van der Waals surface area contributed by atoms with E-state index in [1.165, 1.54) is 22.4 Å². The van der Waals surface area contributed by atoms with Crippen LogP contribution in [0.15, 0.2) is 91.3 Å². The number of benzene rings is 3. The summed E-state index contributed by atoms with van der Waals surface area (Å²) in [5.41, 5.74) is 6.10. The zero-order chi connectivity index (χ0) is 17.9. The first-order valence-electron chi connectivity index (χ1n) is 9.03. The van der Waals surface area contributed by atoms with E-state index in [4.69, 9.17) is 0 Å². The van der Waals surface area contributed by atoms with Gasteiger partial charge in [0.05, 0.1) is 5.69 Å². The second kappa shape index (κ2) is 7.01. The van der Waals surface area contributed by atoms with E-state index in [0.717, 1.165) is 11.4 Å². The third kappa shape index (κ3) is 2.95. The molecule has 0 radical (unpaired) electrons. The minimum atomic E-state index is 0.416. The highest BCUT2D eigenvalue weighted by atomic mass is 15.1. The molecule has 0 aliphatic rings. The second-order valence-corrected chi connectivity index (χ2v) is 6.75. The van der Waals surface area contributed by atoms with Gasteiger partial charge in [0, 0.05) is 23.5 Å². The Labute approximate surface area is 154 Å². The Balaban J connectivity index is 1.99. The fraction of sp³-hybridized carbons (Fsp3) is 0.125. The van der Waals surface area contributed by atoms with Gasteiger partial charge in [-0.25, -0.2) is 4.98 Å². The lowest BCUT2D eigenvalue weighted by atomic mass is 9.94. The zero-order valence-corrected chi connectivity index (χ0v) is 15.1. The highest BCUT2D eigenvalue weighted by Gasteiger charge is 2.17. The summed E-state index contributed by atoms with van der Waals surface area (Å²) in [6.07, 6.45) is 3.95. The smallest absolute Gasteiger partial charge is 0.144 e. The summed E-state index contributed by atoms with van der Waals surface area (Å²) in [6, 6.07) is 27.5. The maximum Gasteiger partial charge on any atom is 0.144 e. The van der Waals surface area contributed by atoms with Crippen LogP contribution < -0.4 is 0 Å². The zero-order valence-electron chi connectivity index (χ0n) is 15.1. The Bertz CT molecular complexity index is 999. The first kappa shape index (κ1) is 16.3. The molecule has 0 saturated heterocycles. The molecule has 0 fully saturated rings. The molecule has 0 aliphatic heterocycles. The number of aromatic nitrogens is 2. The van der Waals surface area contributed by atoms with Crippen LogP contribution in [-0.4, -0.2) is 9.55 Å². The van der Waals surface area contributed by atoms with E-state index in [1.807, 2.05) is 12.3 Å². The van der Waals surface area contributed by atoms with Gasteiger partial charge in [-0.05, 0) is 17.0 Å². The molecule has 1 aromatic heterocycles. The number of imidazole rings is 1. The van der Waals surface area contributed by atoms with Crippen molar-refractivity contribution in [1.29, 1.82) is 0 Å². The number of hydrogen-bond donors (Lipinski definition) is 0. The molecule has 4 rings (SSSR count). The van der Waals surface area contributed by atoms with Crippen LogP contribution in [0.3, 0.4) is 0 Å².